The van der Waals surface area contributed by atoms with Crippen LogP contribution in [0.25, 0.3) is 10.9 Å². The van der Waals surface area contributed by atoms with Crippen molar-refractivity contribution in [3.63, 3.8) is 0 Å². The highest BCUT2D eigenvalue weighted by Crippen LogP contribution is 2.24. The first-order chi connectivity index (χ1) is 16.1. The average molecular weight is 447 g/mol. The van der Waals surface area contributed by atoms with Crippen molar-refractivity contribution in [2.24, 2.45) is 0 Å². The lowest BCUT2D eigenvalue weighted by molar-refractivity contribution is -0.107. The number of rotatable bonds is 5. The van der Waals surface area contributed by atoms with E-state index in [2.05, 4.69) is 78.5 Å². The van der Waals surface area contributed by atoms with Crippen LogP contribution in [0.1, 0.15) is 22.3 Å². The quantitative estimate of drug-likeness (QED) is 0.413. The second kappa shape index (κ2) is 15.2. The second-order valence-corrected chi connectivity index (χ2v) is 7.23. The molecule has 0 saturated heterocycles. The fraction of sp³-hybridized carbons (Fsp3) is 0.214. The number of carbonyl (C=O) groups is 2. The largest absolute Gasteiger partial charge is 0.400 e. The van der Waals surface area contributed by atoms with E-state index in [-0.39, 0.29) is 0 Å². The predicted molar refractivity (Wildman–Crippen MR) is 138 cm³/mol. The zero-order chi connectivity index (χ0) is 24.6. The number of nitrogens with zero attached hydrogens (tertiary/aromatic N) is 1. The number of anilines is 1. The number of benzene rings is 3. The number of nitrogens with one attached hydrogen (secondary N) is 1. The van der Waals surface area contributed by atoms with Crippen LogP contribution in [0.4, 0.5) is 5.69 Å². The number of hydrogen-bond donors (Lipinski definition) is 2. The third-order valence-electron chi connectivity index (χ3n) is 5.02. The molecule has 0 amide bonds. The lowest BCUT2D eigenvalue weighted by Crippen LogP contribution is -2.02. The molecule has 1 aromatic heterocycles. The molecule has 0 bridgehead atoms. The van der Waals surface area contributed by atoms with Gasteiger partial charge in [-0.2, -0.15) is 0 Å². The summed E-state index contributed by atoms with van der Waals surface area (Å²) in [5, 5.41) is 11.4. The molecule has 0 spiro atoms. The molecule has 0 aliphatic heterocycles. The molecule has 4 rings (SSSR count). The molecule has 1 heterocycles. The fourth-order valence-corrected chi connectivity index (χ4v) is 3.43. The van der Waals surface area contributed by atoms with Crippen LogP contribution in [0, 0.1) is 13.8 Å². The molecule has 3 aromatic carbocycles. The summed E-state index contributed by atoms with van der Waals surface area (Å²) in [6.07, 6.45) is 3.51. The van der Waals surface area contributed by atoms with Crippen molar-refractivity contribution in [3.05, 3.63) is 101 Å². The maximum atomic E-state index is 10.9. The van der Waals surface area contributed by atoms with Gasteiger partial charge in [0, 0.05) is 49.9 Å². The summed E-state index contributed by atoms with van der Waals surface area (Å²) in [5.74, 6) is 0. The van der Waals surface area contributed by atoms with E-state index in [1.165, 1.54) is 22.2 Å². The standard InChI is InChI=1S/C18H18N2O.C8H10.CH4O.CH2O/c1-19-17-8-4-2-6-15(17)13-20-12-14(10-11-21)16-7-3-5-9-18(16)20;1-7-3-5-8(2)6-4-7;2*1-2/h2-9,11-12,19H,10,13H2,1H3;3-6H,1-2H3;2H,1H3;1H2. The number of aryl methyl sites for hydroxylation is 2. The summed E-state index contributed by atoms with van der Waals surface area (Å²) in [6.45, 7) is 6.98. The summed E-state index contributed by atoms with van der Waals surface area (Å²) in [5.41, 5.74) is 7.28. The molecule has 174 valence electrons. The minimum Gasteiger partial charge on any atom is -0.400 e. The normalized spacial score (nSPS) is 9.36. The second-order valence-electron chi connectivity index (χ2n) is 7.23. The average Bonchev–Trinajstić information content (AvgIpc) is 3.22. The Morgan fingerprint density at radius 1 is 0.848 bits per heavy atom. The van der Waals surface area contributed by atoms with Crippen molar-refractivity contribution < 1.29 is 14.7 Å². The lowest BCUT2D eigenvalue weighted by Gasteiger charge is -2.10. The van der Waals surface area contributed by atoms with E-state index in [1.807, 2.05) is 38.1 Å². The van der Waals surface area contributed by atoms with Gasteiger partial charge in [-0.25, -0.2) is 0 Å². The van der Waals surface area contributed by atoms with Crippen molar-refractivity contribution in [1.29, 1.82) is 0 Å². The molecule has 5 nitrogen and oxygen atoms in total. The summed E-state index contributed by atoms with van der Waals surface area (Å²) in [6, 6.07) is 25.0. The highest BCUT2D eigenvalue weighted by Gasteiger charge is 2.09. The highest BCUT2D eigenvalue weighted by molar-refractivity contribution is 5.86. The topological polar surface area (TPSA) is 71.3 Å². The van der Waals surface area contributed by atoms with Gasteiger partial charge in [0.05, 0.1) is 0 Å². The van der Waals surface area contributed by atoms with Gasteiger partial charge in [0.1, 0.15) is 13.1 Å². The Kier molecular flexibility index (Phi) is 12.6. The Balaban J connectivity index is 0.000000380. The molecule has 0 fully saturated rings. The van der Waals surface area contributed by atoms with Gasteiger partial charge in [0.15, 0.2) is 0 Å². The van der Waals surface area contributed by atoms with Crippen LogP contribution in [0.3, 0.4) is 0 Å². The van der Waals surface area contributed by atoms with E-state index in [4.69, 9.17) is 9.90 Å². The van der Waals surface area contributed by atoms with Gasteiger partial charge in [-0.05, 0) is 37.1 Å². The van der Waals surface area contributed by atoms with Gasteiger partial charge in [0.25, 0.3) is 0 Å². The number of carbonyl (C=O) groups excluding carboxylic acids is 2. The maximum Gasteiger partial charge on any atom is 0.124 e. The molecule has 2 N–H and O–H groups in total. The summed E-state index contributed by atoms with van der Waals surface area (Å²) < 4.78 is 2.21. The summed E-state index contributed by atoms with van der Waals surface area (Å²) >= 11 is 0. The lowest BCUT2D eigenvalue weighted by atomic mass is 10.1. The number of hydrogen-bond acceptors (Lipinski definition) is 4. The van der Waals surface area contributed by atoms with Crippen LogP contribution in [0.2, 0.25) is 0 Å². The Hall–Kier alpha value is -3.70. The van der Waals surface area contributed by atoms with Crippen LogP contribution >= 0.6 is 0 Å². The first kappa shape index (κ1) is 27.3. The van der Waals surface area contributed by atoms with Crippen molar-refractivity contribution in [2.75, 3.05) is 19.5 Å². The maximum absolute atomic E-state index is 10.9. The van der Waals surface area contributed by atoms with Crippen LogP contribution in [-0.2, 0) is 22.6 Å². The minimum absolute atomic E-state index is 0.460. The van der Waals surface area contributed by atoms with Crippen molar-refractivity contribution in [3.8, 4) is 0 Å². The number of aromatic nitrogens is 1. The van der Waals surface area contributed by atoms with E-state index in [0.717, 1.165) is 36.6 Å². The van der Waals surface area contributed by atoms with Crippen LogP contribution in [-0.4, -0.2) is 36.9 Å². The molecule has 33 heavy (non-hydrogen) atoms. The molecule has 0 saturated carbocycles. The SMILES string of the molecule is C=O.CNc1ccccc1Cn1cc(CC=O)c2ccccc21.CO.Cc1ccc(C)cc1. The molecule has 4 aromatic rings. The summed E-state index contributed by atoms with van der Waals surface area (Å²) in [7, 11) is 2.93. The van der Waals surface area contributed by atoms with E-state index < -0.39 is 0 Å². The molecule has 0 aliphatic rings. The molecule has 0 aliphatic carbocycles. The first-order valence-electron chi connectivity index (χ1n) is 10.6. The van der Waals surface area contributed by atoms with Crippen LogP contribution in [0.5, 0.6) is 0 Å². The number of fused-ring (bicyclic) bond motifs is 1. The van der Waals surface area contributed by atoms with Gasteiger partial charge in [-0.1, -0.05) is 71.8 Å². The smallest absolute Gasteiger partial charge is 0.124 e. The number of aliphatic hydroxyl groups is 1. The van der Waals surface area contributed by atoms with Crippen LogP contribution in [0.15, 0.2) is 79.0 Å². The van der Waals surface area contributed by atoms with E-state index in [0.29, 0.717) is 6.42 Å². The fourth-order valence-electron chi connectivity index (χ4n) is 3.43. The van der Waals surface area contributed by atoms with E-state index in [1.54, 1.807) is 0 Å². The minimum atomic E-state index is 0.460. The first-order valence-corrected chi connectivity index (χ1v) is 10.6. The van der Waals surface area contributed by atoms with Gasteiger partial charge < -0.3 is 24.6 Å². The van der Waals surface area contributed by atoms with Crippen LogP contribution < -0.4 is 5.32 Å². The zero-order valence-corrected chi connectivity index (χ0v) is 19.9. The Morgan fingerprint density at radius 3 is 1.97 bits per heavy atom. The van der Waals surface area contributed by atoms with E-state index in [9.17, 15) is 4.79 Å². The third kappa shape index (κ3) is 8.05. The van der Waals surface area contributed by atoms with Gasteiger partial charge in [-0.3, -0.25) is 0 Å². The molecular weight excluding hydrogens is 412 g/mol. The Morgan fingerprint density at radius 2 is 1.39 bits per heavy atom. The third-order valence-corrected chi connectivity index (χ3v) is 5.02. The molecule has 0 atom stereocenters. The Labute approximate surface area is 196 Å². The number of aldehydes is 1. The van der Waals surface area contributed by atoms with Crippen molar-refractivity contribution in [2.45, 2.75) is 26.8 Å². The van der Waals surface area contributed by atoms with Crippen molar-refractivity contribution in [1.82, 2.24) is 4.57 Å². The highest BCUT2D eigenvalue weighted by atomic mass is 16.2. The molecule has 5 heteroatoms. The Bertz CT molecular complexity index is 1080. The van der Waals surface area contributed by atoms with Gasteiger partial charge >= 0.3 is 0 Å². The molecule has 0 unspecified atom stereocenters. The van der Waals surface area contributed by atoms with Gasteiger partial charge in [0.2, 0.25) is 0 Å². The number of para-hydroxylation sites is 2. The zero-order valence-electron chi connectivity index (χ0n) is 19.9. The molecular formula is C28H34N2O3. The number of aliphatic hydroxyl groups excluding tert-OH is 1. The van der Waals surface area contributed by atoms with Crippen molar-refractivity contribution >= 4 is 29.7 Å². The monoisotopic (exact) mass is 446 g/mol. The summed E-state index contributed by atoms with van der Waals surface area (Å²) in [4.78, 5) is 18.9. The predicted octanol–water partition coefficient (Wildman–Crippen LogP) is 5.20. The molecule has 0 radical (unpaired) electrons. The van der Waals surface area contributed by atoms with E-state index >= 15 is 0 Å². The van der Waals surface area contributed by atoms with Gasteiger partial charge in [-0.15, -0.1) is 0 Å².